The lowest BCUT2D eigenvalue weighted by Crippen LogP contribution is -2.49. The molecule has 0 unspecified atom stereocenters. The second-order valence-corrected chi connectivity index (χ2v) is 6.49. The van der Waals surface area contributed by atoms with E-state index in [4.69, 9.17) is 0 Å². The second kappa shape index (κ2) is 6.08. The lowest BCUT2D eigenvalue weighted by molar-refractivity contribution is -0.145. The molecule has 1 saturated heterocycles. The Labute approximate surface area is 137 Å². The van der Waals surface area contributed by atoms with Gasteiger partial charge in [-0.05, 0) is 36.9 Å². The van der Waals surface area contributed by atoms with Gasteiger partial charge in [0.05, 0.1) is 11.1 Å². The van der Waals surface area contributed by atoms with E-state index >= 15 is 0 Å². The molecule has 0 bridgehead atoms. The number of benzene rings is 1. The highest BCUT2D eigenvalue weighted by molar-refractivity contribution is 7.07. The minimum absolute atomic E-state index is 0.107. The fourth-order valence-electron chi connectivity index (χ4n) is 3.05. The normalized spacial score (nSPS) is 17.0. The van der Waals surface area contributed by atoms with Crippen LogP contribution < -0.4 is 0 Å². The molecule has 3 rings (SSSR count). The molecule has 1 amide bonds. The number of nitrogens with zero attached hydrogens (tertiary/aromatic N) is 3. The quantitative estimate of drug-likeness (QED) is 0.931. The Morgan fingerprint density at radius 1 is 1.22 bits per heavy atom. The van der Waals surface area contributed by atoms with E-state index in [-0.39, 0.29) is 5.91 Å². The number of rotatable bonds is 3. The molecule has 1 aromatic carbocycles. The lowest BCUT2D eigenvalue weighted by Gasteiger charge is -2.39. The van der Waals surface area contributed by atoms with E-state index < -0.39 is 11.4 Å². The molecule has 0 atom stereocenters. The highest BCUT2D eigenvalue weighted by Crippen LogP contribution is 2.36. The highest BCUT2D eigenvalue weighted by atomic mass is 32.1. The summed E-state index contributed by atoms with van der Waals surface area (Å²) in [6.45, 7) is 2.58. The first-order valence-corrected chi connectivity index (χ1v) is 8.19. The molecule has 1 aromatic heterocycles. The molecule has 0 aliphatic carbocycles. The standard InChI is InChI=1S/C16H17N3O3S/c1-11-13(23-18-17-11)14(20)19-9-7-16(8-10-19,15(21)22)12-5-3-2-4-6-12/h2-6H,7-10H2,1H3,(H,21,22). The van der Waals surface area contributed by atoms with Crippen molar-refractivity contribution in [3.63, 3.8) is 0 Å². The maximum absolute atomic E-state index is 12.5. The molecular formula is C16H17N3O3S. The molecule has 7 heteroatoms. The van der Waals surface area contributed by atoms with Crippen molar-refractivity contribution < 1.29 is 14.7 Å². The molecule has 2 aromatic rings. The monoisotopic (exact) mass is 331 g/mol. The zero-order chi connectivity index (χ0) is 16.4. The van der Waals surface area contributed by atoms with E-state index in [1.54, 1.807) is 11.8 Å². The number of hydrogen-bond acceptors (Lipinski definition) is 5. The van der Waals surface area contributed by atoms with Crippen molar-refractivity contribution >= 4 is 23.4 Å². The van der Waals surface area contributed by atoms with Crippen LogP contribution in [-0.4, -0.2) is 44.6 Å². The number of carboxylic acid groups (broad SMARTS) is 1. The number of aliphatic carboxylic acids is 1. The van der Waals surface area contributed by atoms with Crippen LogP contribution in [0.5, 0.6) is 0 Å². The fraction of sp³-hybridized carbons (Fsp3) is 0.375. The van der Waals surface area contributed by atoms with Crippen molar-refractivity contribution in [2.24, 2.45) is 0 Å². The van der Waals surface area contributed by atoms with Crippen molar-refractivity contribution in [3.8, 4) is 0 Å². The molecule has 2 heterocycles. The Balaban J connectivity index is 1.80. The molecule has 0 saturated carbocycles. The van der Waals surface area contributed by atoms with Gasteiger partial charge in [-0.15, -0.1) is 5.10 Å². The first-order valence-electron chi connectivity index (χ1n) is 7.42. The van der Waals surface area contributed by atoms with Crippen LogP contribution in [-0.2, 0) is 10.2 Å². The van der Waals surface area contributed by atoms with Gasteiger partial charge in [0.15, 0.2) is 0 Å². The van der Waals surface area contributed by atoms with Gasteiger partial charge in [0.1, 0.15) is 4.88 Å². The summed E-state index contributed by atoms with van der Waals surface area (Å²) in [5.41, 5.74) is 0.507. The third kappa shape index (κ3) is 2.72. The summed E-state index contributed by atoms with van der Waals surface area (Å²) in [6, 6.07) is 9.27. The fourth-order valence-corrected chi connectivity index (χ4v) is 3.67. The third-order valence-corrected chi connectivity index (χ3v) is 5.30. The Bertz CT molecular complexity index is 721. The minimum Gasteiger partial charge on any atom is -0.481 e. The Morgan fingerprint density at radius 2 is 1.87 bits per heavy atom. The van der Waals surface area contributed by atoms with Gasteiger partial charge in [-0.2, -0.15) is 0 Å². The average molecular weight is 331 g/mol. The van der Waals surface area contributed by atoms with Crippen LogP contribution in [0.3, 0.4) is 0 Å². The van der Waals surface area contributed by atoms with E-state index in [1.807, 2.05) is 30.3 Å². The van der Waals surface area contributed by atoms with Crippen molar-refractivity contribution in [2.75, 3.05) is 13.1 Å². The lowest BCUT2D eigenvalue weighted by atomic mass is 9.73. The number of hydrogen-bond donors (Lipinski definition) is 1. The first-order chi connectivity index (χ1) is 11.0. The zero-order valence-electron chi connectivity index (χ0n) is 12.7. The van der Waals surface area contributed by atoms with Crippen LogP contribution in [0.4, 0.5) is 0 Å². The topological polar surface area (TPSA) is 83.4 Å². The number of piperidine rings is 1. The number of aryl methyl sites for hydroxylation is 1. The van der Waals surface area contributed by atoms with E-state index in [0.717, 1.165) is 17.1 Å². The Morgan fingerprint density at radius 3 is 2.39 bits per heavy atom. The summed E-state index contributed by atoms with van der Waals surface area (Å²) in [7, 11) is 0. The molecule has 1 aliphatic rings. The SMILES string of the molecule is Cc1nnsc1C(=O)N1CCC(C(=O)O)(c2ccccc2)CC1. The van der Waals surface area contributed by atoms with Gasteiger partial charge in [-0.1, -0.05) is 34.8 Å². The van der Waals surface area contributed by atoms with Crippen molar-refractivity contribution in [1.29, 1.82) is 0 Å². The summed E-state index contributed by atoms with van der Waals surface area (Å²) in [4.78, 5) is 26.7. The van der Waals surface area contributed by atoms with Gasteiger partial charge in [-0.25, -0.2) is 0 Å². The highest BCUT2D eigenvalue weighted by Gasteiger charge is 2.44. The van der Waals surface area contributed by atoms with Crippen molar-refractivity contribution in [2.45, 2.75) is 25.2 Å². The summed E-state index contributed by atoms with van der Waals surface area (Å²) in [5, 5.41) is 13.6. The van der Waals surface area contributed by atoms with Crippen molar-refractivity contribution in [1.82, 2.24) is 14.5 Å². The maximum atomic E-state index is 12.5. The summed E-state index contributed by atoms with van der Waals surface area (Å²) < 4.78 is 3.79. The maximum Gasteiger partial charge on any atom is 0.314 e. The predicted octanol–water partition coefficient (Wildman–Crippen LogP) is 2.11. The largest absolute Gasteiger partial charge is 0.481 e. The number of carbonyl (C=O) groups excluding carboxylic acids is 1. The number of aromatic nitrogens is 2. The van der Waals surface area contributed by atoms with Gasteiger partial charge in [-0.3, -0.25) is 9.59 Å². The molecule has 1 fully saturated rings. The van der Waals surface area contributed by atoms with Crippen LogP contribution in [0, 0.1) is 6.92 Å². The molecule has 23 heavy (non-hydrogen) atoms. The smallest absolute Gasteiger partial charge is 0.314 e. The van der Waals surface area contributed by atoms with E-state index in [9.17, 15) is 14.7 Å². The molecule has 6 nitrogen and oxygen atoms in total. The number of carboxylic acids is 1. The number of amides is 1. The zero-order valence-corrected chi connectivity index (χ0v) is 13.5. The van der Waals surface area contributed by atoms with Crippen LogP contribution in [0.1, 0.15) is 33.8 Å². The summed E-state index contributed by atoms with van der Waals surface area (Å²) >= 11 is 1.09. The molecule has 0 radical (unpaired) electrons. The molecule has 1 aliphatic heterocycles. The van der Waals surface area contributed by atoms with Gasteiger partial charge in [0, 0.05) is 13.1 Å². The second-order valence-electron chi connectivity index (χ2n) is 5.73. The van der Waals surface area contributed by atoms with E-state index in [0.29, 0.717) is 36.5 Å². The number of likely N-dealkylation sites (tertiary alicyclic amines) is 1. The van der Waals surface area contributed by atoms with Crippen molar-refractivity contribution in [3.05, 3.63) is 46.5 Å². The molecule has 1 N–H and O–H groups in total. The van der Waals surface area contributed by atoms with Gasteiger partial charge < -0.3 is 10.0 Å². The molecular weight excluding hydrogens is 314 g/mol. The average Bonchev–Trinajstić information content (AvgIpc) is 3.01. The van der Waals surface area contributed by atoms with E-state index in [2.05, 4.69) is 9.59 Å². The Kier molecular flexibility index (Phi) is 4.12. The van der Waals surface area contributed by atoms with Gasteiger partial charge >= 0.3 is 5.97 Å². The summed E-state index contributed by atoms with van der Waals surface area (Å²) in [6.07, 6.45) is 0.812. The third-order valence-electron chi connectivity index (χ3n) is 4.49. The van der Waals surface area contributed by atoms with Gasteiger partial charge in [0.2, 0.25) is 0 Å². The minimum atomic E-state index is -0.918. The summed E-state index contributed by atoms with van der Waals surface area (Å²) in [5.74, 6) is -0.934. The van der Waals surface area contributed by atoms with Crippen LogP contribution in [0.25, 0.3) is 0 Å². The van der Waals surface area contributed by atoms with Crippen LogP contribution in [0.2, 0.25) is 0 Å². The Hall–Kier alpha value is -2.28. The molecule has 0 spiro atoms. The molecule has 120 valence electrons. The van der Waals surface area contributed by atoms with Gasteiger partial charge in [0.25, 0.3) is 5.91 Å². The predicted molar refractivity (Wildman–Crippen MR) is 85.5 cm³/mol. The first kappa shape index (κ1) is 15.6. The number of carbonyl (C=O) groups is 2. The van der Waals surface area contributed by atoms with E-state index in [1.165, 1.54) is 0 Å². The van der Waals surface area contributed by atoms with Crippen LogP contribution in [0.15, 0.2) is 30.3 Å². The van der Waals surface area contributed by atoms with Crippen LogP contribution >= 0.6 is 11.5 Å².